The van der Waals surface area contributed by atoms with Crippen molar-refractivity contribution < 1.29 is 26.4 Å². The van der Waals surface area contributed by atoms with Crippen LogP contribution in [-0.2, 0) is 27.4 Å². The lowest BCUT2D eigenvalue weighted by molar-refractivity contribution is -0.138. The number of sulfone groups is 1. The van der Waals surface area contributed by atoms with Crippen LogP contribution in [0.1, 0.15) is 36.8 Å². The van der Waals surface area contributed by atoms with Gasteiger partial charge < -0.3 is 16.0 Å². The Bertz CT molecular complexity index is 1430. The Kier molecular flexibility index (Phi) is 8.33. The molecule has 4 rings (SSSR count). The summed E-state index contributed by atoms with van der Waals surface area (Å²) < 4.78 is 63.1. The Morgan fingerprint density at radius 2 is 1.67 bits per heavy atom. The van der Waals surface area contributed by atoms with Gasteiger partial charge in [-0.1, -0.05) is 0 Å². The second-order valence-electron chi connectivity index (χ2n) is 9.29. The van der Waals surface area contributed by atoms with Gasteiger partial charge in [0.15, 0.2) is 15.7 Å². The number of hydrogen-bond acceptors (Lipinski definition) is 9. The first-order valence-electron chi connectivity index (χ1n) is 12.2. The molecule has 2 aromatic heterocycles. The fourth-order valence-electron chi connectivity index (χ4n) is 4.39. The van der Waals surface area contributed by atoms with Crippen LogP contribution < -0.4 is 16.0 Å². The lowest BCUT2D eigenvalue weighted by Gasteiger charge is -2.28. The fraction of sp³-hybridized carbons (Fsp3) is 0.400. The van der Waals surface area contributed by atoms with Gasteiger partial charge in [0.2, 0.25) is 17.8 Å². The van der Waals surface area contributed by atoms with E-state index in [2.05, 4.69) is 35.9 Å². The van der Waals surface area contributed by atoms with Gasteiger partial charge in [0.05, 0.1) is 10.5 Å². The Morgan fingerprint density at radius 1 is 1.00 bits per heavy atom. The number of anilines is 2. The lowest BCUT2D eigenvalue weighted by atomic mass is 9.85. The summed E-state index contributed by atoms with van der Waals surface area (Å²) in [6, 6.07) is 7.12. The highest BCUT2D eigenvalue weighted by molar-refractivity contribution is 7.90. The molecule has 1 aliphatic rings. The number of nitrogens with zero attached hydrogens (tertiary/aromatic N) is 4. The molecule has 0 unspecified atom stereocenters. The largest absolute Gasteiger partial charge is 0.416 e. The van der Waals surface area contributed by atoms with E-state index in [1.165, 1.54) is 12.1 Å². The van der Waals surface area contributed by atoms with Crippen molar-refractivity contribution in [3.8, 4) is 11.4 Å². The number of carbonyl (C=O) groups is 1. The quantitative estimate of drug-likeness (QED) is 0.375. The van der Waals surface area contributed by atoms with Crippen molar-refractivity contribution >= 4 is 27.6 Å². The van der Waals surface area contributed by atoms with Crippen LogP contribution in [0.3, 0.4) is 0 Å². The molecule has 1 amide bonds. The highest BCUT2D eigenvalue weighted by Gasteiger charge is 2.33. The Hall–Kier alpha value is -3.81. The number of benzene rings is 1. The first-order valence-corrected chi connectivity index (χ1v) is 14.1. The predicted molar refractivity (Wildman–Crippen MR) is 138 cm³/mol. The normalized spacial score (nSPS) is 17.9. The van der Waals surface area contributed by atoms with Crippen LogP contribution in [0, 0.1) is 5.92 Å². The molecule has 0 aliphatic heterocycles. The van der Waals surface area contributed by atoms with Gasteiger partial charge in [0.25, 0.3) is 0 Å². The second kappa shape index (κ2) is 11.5. The third-order valence-corrected chi connectivity index (χ3v) is 7.62. The molecule has 0 bridgehead atoms. The number of halogens is 3. The SMILES string of the molecule is CNc1nc(NC2CCC(C(=O)NCc3cnccc3C(F)(F)F)CC2)nc(-c2ccc(S(C)(=O)=O)cc2)n1. The van der Waals surface area contributed by atoms with Gasteiger partial charge in [-0.05, 0) is 56.0 Å². The van der Waals surface area contributed by atoms with E-state index in [-0.39, 0.29) is 34.9 Å². The summed E-state index contributed by atoms with van der Waals surface area (Å²) in [7, 11) is -1.66. The van der Waals surface area contributed by atoms with E-state index in [0.29, 0.717) is 49.0 Å². The molecule has 0 radical (unpaired) electrons. The molecule has 3 aromatic rings. The zero-order chi connectivity index (χ0) is 28.2. The number of carbonyl (C=O) groups excluding carboxylic acids is 1. The molecule has 2 heterocycles. The first-order chi connectivity index (χ1) is 18.4. The van der Waals surface area contributed by atoms with E-state index >= 15 is 0 Å². The number of aromatic nitrogens is 4. The number of alkyl halides is 3. The summed E-state index contributed by atoms with van der Waals surface area (Å²) in [5.74, 6) is 0.419. The first kappa shape index (κ1) is 28.2. The fourth-order valence-corrected chi connectivity index (χ4v) is 5.02. The third-order valence-electron chi connectivity index (χ3n) is 6.49. The highest BCUT2D eigenvalue weighted by Crippen LogP contribution is 2.32. The van der Waals surface area contributed by atoms with Gasteiger partial charge in [-0.2, -0.15) is 28.1 Å². The monoisotopic (exact) mass is 563 g/mol. The zero-order valence-electron chi connectivity index (χ0n) is 21.3. The maximum atomic E-state index is 13.2. The molecule has 0 atom stereocenters. The maximum Gasteiger partial charge on any atom is 0.416 e. The molecule has 3 N–H and O–H groups in total. The van der Waals surface area contributed by atoms with Gasteiger partial charge in [0, 0.05) is 55.3 Å². The van der Waals surface area contributed by atoms with Crippen molar-refractivity contribution in [3.63, 3.8) is 0 Å². The average Bonchev–Trinajstić information content (AvgIpc) is 2.91. The Morgan fingerprint density at radius 3 is 2.28 bits per heavy atom. The van der Waals surface area contributed by atoms with Crippen molar-refractivity contribution in [1.82, 2.24) is 25.3 Å². The standard InChI is InChI=1S/C25H28F3N7O3S/c1-29-23-33-21(15-5-9-19(10-6-15)39(2,37)38)34-24(35-23)32-18-7-3-16(4-8-18)22(36)31-14-17-13-30-12-11-20(17)25(26,27)28/h5-6,9-13,16,18H,3-4,7-8,14H2,1-2H3,(H,31,36)(H2,29,32,33,34,35). The van der Waals surface area contributed by atoms with E-state index in [0.717, 1.165) is 24.7 Å². The maximum absolute atomic E-state index is 13.2. The van der Waals surface area contributed by atoms with Gasteiger partial charge in [-0.3, -0.25) is 9.78 Å². The minimum atomic E-state index is -4.52. The average molecular weight is 564 g/mol. The third kappa shape index (κ3) is 7.19. The van der Waals surface area contributed by atoms with E-state index < -0.39 is 21.6 Å². The minimum Gasteiger partial charge on any atom is -0.357 e. The summed E-state index contributed by atoms with van der Waals surface area (Å²) in [5, 5.41) is 8.79. The highest BCUT2D eigenvalue weighted by atomic mass is 32.2. The molecule has 1 fully saturated rings. The van der Waals surface area contributed by atoms with Crippen molar-refractivity contribution in [3.05, 3.63) is 53.9 Å². The van der Waals surface area contributed by atoms with Crippen LogP contribution in [0.4, 0.5) is 25.1 Å². The molecule has 14 heteroatoms. The molecule has 0 saturated heterocycles. The van der Waals surface area contributed by atoms with Crippen LogP contribution in [-0.4, -0.2) is 53.6 Å². The van der Waals surface area contributed by atoms with E-state index in [4.69, 9.17) is 0 Å². The number of nitrogens with one attached hydrogen (secondary N) is 3. The zero-order valence-corrected chi connectivity index (χ0v) is 22.1. The molecule has 1 aliphatic carbocycles. The van der Waals surface area contributed by atoms with Crippen molar-refractivity contribution in [2.75, 3.05) is 23.9 Å². The molecule has 1 saturated carbocycles. The van der Waals surface area contributed by atoms with Gasteiger partial charge in [0.1, 0.15) is 0 Å². The summed E-state index contributed by atoms with van der Waals surface area (Å²) in [5.41, 5.74) is -0.271. The summed E-state index contributed by atoms with van der Waals surface area (Å²) in [6.45, 7) is -0.245. The molecule has 39 heavy (non-hydrogen) atoms. The molecule has 1 aromatic carbocycles. The predicted octanol–water partition coefficient (Wildman–Crippen LogP) is 3.68. The second-order valence-corrected chi connectivity index (χ2v) is 11.3. The molecule has 10 nitrogen and oxygen atoms in total. The molecule has 208 valence electrons. The summed E-state index contributed by atoms with van der Waals surface area (Å²) in [4.78, 5) is 29.8. The lowest BCUT2D eigenvalue weighted by Crippen LogP contribution is -2.36. The van der Waals surface area contributed by atoms with E-state index in [9.17, 15) is 26.4 Å². The van der Waals surface area contributed by atoms with Crippen molar-refractivity contribution in [1.29, 1.82) is 0 Å². The summed E-state index contributed by atoms with van der Waals surface area (Å²) in [6.07, 6.45) is 1.18. The molecule has 0 spiro atoms. The van der Waals surface area contributed by atoms with E-state index in [1.54, 1.807) is 19.2 Å². The number of rotatable bonds is 8. The van der Waals surface area contributed by atoms with Crippen LogP contribution in [0.2, 0.25) is 0 Å². The number of hydrogen-bond donors (Lipinski definition) is 3. The van der Waals surface area contributed by atoms with E-state index in [1.807, 2.05) is 0 Å². The topological polar surface area (TPSA) is 139 Å². The summed E-state index contributed by atoms with van der Waals surface area (Å²) >= 11 is 0. The van der Waals surface area contributed by atoms with Crippen LogP contribution >= 0.6 is 0 Å². The molecular weight excluding hydrogens is 535 g/mol. The smallest absolute Gasteiger partial charge is 0.357 e. The number of amides is 1. The van der Waals surface area contributed by atoms with Crippen molar-refractivity contribution in [2.45, 2.75) is 49.3 Å². The Labute approximate surface area is 223 Å². The van der Waals surface area contributed by atoms with Gasteiger partial charge in [-0.25, -0.2) is 8.42 Å². The number of pyridine rings is 1. The van der Waals surface area contributed by atoms with Crippen LogP contribution in [0.15, 0.2) is 47.6 Å². The van der Waals surface area contributed by atoms with Crippen LogP contribution in [0.5, 0.6) is 0 Å². The van der Waals surface area contributed by atoms with Gasteiger partial charge >= 0.3 is 6.18 Å². The van der Waals surface area contributed by atoms with Crippen molar-refractivity contribution in [2.24, 2.45) is 5.92 Å². The minimum absolute atomic E-state index is 0.0169. The van der Waals surface area contributed by atoms with Gasteiger partial charge in [-0.15, -0.1) is 0 Å². The van der Waals surface area contributed by atoms with Crippen LogP contribution in [0.25, 0.3) is 11.4 Å². The Balaban J connectivity index is 1.36. The molecular formula is C25H28F3N7O3S.